The molecule has 0 amide bonds. The summed E-state index contributed by atoms with van der Waals surface area (Å²) in [6.07, 6.45) is 0.333. The molecule has 6 nitrogen and oxygen atoms in total. The maximum absolute atomic E-state index is 11.9. The molecular weight excluding hydrogens is 278 g/mol. The van der Waals surface area contributed by atoms with Crippen LogP contribution in [-0.4, -0.2) is 27.0 Å². The van der Waals surface area contributed by atoms with Crippen LogP contribution in [0.3, 0.4) is 0 Å². The van der Waals surface area contributed by atoms with E-state index in [9.17, 15) is 13.2 Å². The summed E-state index contributed by atoms with van der Waals surface area (Å²) in [5, 5.41) is 0.932. The summed E-state index contributed by atoms with van der Waals surface area (Å²) in [6.45, 7) is 2.13. The van der Waals surface area contributed by atoms with Crippen molar-refractivity contribution in [1.82, 2.24) is 14.4 Å². The van der Waals surface area contributed by atoms with Crippen molar-refractivity contribution in [2.45, 2.75) is 13.3 Å². The molecule has 0 radical (unpaired) electrons. The van der Waals surface area contributed by atoms with Crippen LogP contribution in [0.2, 0.25) is 0 Å². The molecule has 2 aromatic rings. The monoisotopic (exact) mass is 295 g/mol. The van der Waals surface area contributed by atoms with E-state index in [2.05, 4.69) is 14.4 Å². The van der Waals surface area contributed by atoms with Crippen molar-refractivity contribution in [2.75, 3.05) is 13.6 Å². The van der Waals surface area contributed by atoms with Gasteiger partial charge in [0.1, 0.15) is 0 Å². The molecule has 1 heterocycles. The van der Waals surface area contributed by atoms with Crippen molar-refractivity contribution in [1.29, 1.82) is 0 Å². The normalized spacial score (nSPS) is 11.9. The molecule has 0 aliphatic carbocycles. The van der Waals surface area contributed by atoms with Crippen molar-refractivity contribution in [3.8, 4) is 0 Å². The molecule has 1 aromatic carbocycles. The molecule has 0 saturated heterocycles. The van der Waals surface area contributed by atoms with Crippen LogP contribution in [0.15, 0.2) is 29.1 Å². The minimum atomic E-state index is -3.46. The number of H-pyrrole nitrogens is 1. The van der Waals surface area contributed by atoms with E-state index in [1.54, 1.807) is 6.07 Å². The first-order valence-electron chi connectivity index (χ1n) is 6.22. The van der Waals surface area contributed by atoms with Crippen molar-refractivity contribution in [2.24, 2.45) is 0 Å². The standard InChI is InChI=1S/C13H17N3O3S/c1-9-3-4-10-8-11(13(17)16-12(10)7-9)5-6-15-20(18,19)14-2/h3-4,7-8,14-15H,5-6H2,1-2H3,(H,16,17). The van der Waals surface area contributed by atoms with Crippen LogP contribution in [0.5, 0.6) is 0 Å². The van der Waals surface area contributed by atoms with E-state index >= 15 is 0 Å². The number of hydrogen-bond donors (Lipinski definition) is 3. The van der Waals surface area contributed by atoms with Gasteiger partial charge in [-0.15, -0.1) is 0 Å². The Kier molecular flexibility index (Phi) is 4.22. The van der Waals surface area contributed by atoms with Crippen LogP contribution < -0.4 is 15.0 Å². The number of aryl methyl sites for hydroxylation is 1. The highest BCUT2D eigenvalue weighted by atomic mass is 32.2. The second-order valence-corrected chi connectivity index (χ2v) is 6.27. The summed E-state index contributed by atoms with van der Waals surface area (Å²) in [4.78, 5) is 14.7. The largest absolute Gasteiger partial charge is 0.322 e. The van der Waals surface area contributed by atoms with E-state index < -0.39 is 10.2 Å². The molecule has 0 unspecified atom stereocenters. The molecule has 7 heteroatoms. The molecule has 0 atom stereocenters. The summed E-state index contributed by atoms with van der Waals surface area (Å²) in [6, 6.07) is 7.60. The molecule has 2 rings (SSSR count). The maximum Gasteiger partial charge on any atom is 0.276 e. The summed E-state index contributed by atoms with van der Waals surface area (Å²) < 4.78 is 26.9. The van der Waals surface area contributed by atoms with E-state index in [0.29, 0.717) is 12.0 Å². The molecule has 0 aliphatic heterocycles. The topological polar surface area (TPSA) is 91.1 Å². The first-order chi connectivity index (χ1) is 9.41. The lowest BCUT2D eigenvalue weighted by atomic mass is 10.1. The minimum Gasteiger partial charge on any atom is -0.322 e. The van der Waals surface area contributed by atoms with Crippen molar-refractivity contribution in [3.05, 3.63) is 45.7 Å². The highest BCUT2D eigenvalue weighted by Crippen LogP contribution is 2.13. The highest BCUT2D eigenvalue weighted by Gasteiger charge is 2.07. The second-order valence-electron chi connectivity index (χ2n) is 4.57. The third-order valence-electron chi connectivity index (χ3n) is 3.03. The van der Waals surface area contributed by atoms with Gasteiger partial charge >= 0.3 is 0 Å². The summed E-state index contributed by atoms with van der Waals surface area (Å²) in [7, 11) is -2.14. The van der Waals surface area contributed by atoms with E-state index in [-0.39, 0.29) is 12.1 Å². The van der Waals surface area contributed by atoms with Crippen molar-refractivity contribution < 1.29 is 8.42 Å². The lowest BCUT2D eigenvalue weighted by molar-refractivity contribution is 0.573. The first kappa shape index (κ1) is 14.7. The van der Waals surface area contributed by atoms with Gasteiger partial charge in [0, 0.05) is 24.7 Å². The smallest absolute Gasteiger partial charge is 0.276 e. The van der Waals surface area contributed by atoms with Crippen molar-refractivity contribution >= 4 is 21.1 Å². The van der Waals surface area contributed by atoms with E-state index in [1.165, 1.54) is 7.05 Å². The van der Waals surface area contributed by atoms with Crippen LogP contribution in [0.25, 0.3) is 10.9 Å². The average Bonchev–Trinajstić information content (AvgIpc) is 2.39. The lowest BCUT2D eigenvalue weighted by Gasteiger charge is -2.06. The summed E-state index contributed by atoms with van der Waals surface area (Å²) >= 11 is 0. The first-order valence-corrected chi connectivity index (χ1v) is 7.70. The Balaban J connectivity index is 2.21. The Morgan fingerprint density at radius 1 is 1.25 bits per heavy atom. The number of aromatic nitrogens is 1. The van der Waals surface area contributed by atoms with Gasteiger partial charge in [-0.1, -0.05) is 12.1 Å². The van der Waals surface area contributed by atoms with Gasteiger partial charge in [-0.2, -0.15) is 8.42 Å². The predicted molar refractivity (Wildman–Crippen MR) is 79.0 cm³/mol. The summed E-state index contributed by atoms with van der Waals surface area (Å²) in [5.74, 6) is 0. The van der Waals surface area contributed by atoms with Crippen LogP contribution in [0, 0.1) is 6.92 Å². The number of rotatable bonds is 5. The van der Waals surface area contributed by atoms with Gasteiger partial charge in [-0.05, 0) is 36.4 Å². The van der Waals surface area contributed by atoms with Gasteiger partial charge in [0.2, 0.25) is 0 Å². The molecule has 0 saturated carbocycles. The molecule has 0 aliphatic rings. The Morgan fingerprint density at radius 2 is 2.00 bits per heavy atom. The average molecular weight is 295 g/mol. The summed E-state index contributed by atoms with van der Waals surface area (Å²) in [5.41, 5.74) is 2.23. The van der Waals surface area contributed by atoms with E-state index in [4.69, 9.17) is 0 Å². The molecule has 1 aromatic heterocycles. The third kappa shape index (κ3) is 3.44. The molecule has 3 N–H and O–H groups in total. The van der Waals surface area contributed by atoms with Crippen molar-refractivity contribution in [3.63, 3.8) is 0 Å². The van der Waals surface area contributed by atoms with Crippen LogP contribution in [0.4, 0.5) is 0 Å². The quantitative estimate of drug-likeness (QED) is 0.747. The fraction of sp³-hybridized carbons (Fsp3) is 0.308. The number of benzene rings is 1. The van der Waals surface area contributed by atoms with Gasteiger partial charge in [0.15, 0.2) is 0 Å². The Hall–Kier alpha value is -1.70. The highest BCUT2D eigenvalue weighted by molar-refractivity contribution is 7.87. The zero-order valence-corrected chi connectivity index (χ0v) is 12.2. The zero-order chi connectivity index (χ0) is 14.8. The van der Waals surface area contributed by atoms with Gasteiger partial charge in [-0.3, -0.25) is 4.79 Å². The fourth-order valence-corrected chi connectivity index (χ4v) is 2.45. The third-order valence-corrected chi connectivity index (χ3v) is 4.16. The number of aromatic amines is 1. The Morgan fingerprint density at radius 3 is 2.70 bits per heavy atom. The van der Waals surface area contributed by atoms with Gasteiger partial charge in [0.05, 0.1) is 0 Å². The van der Waals surface area contributed by atoms with Gasteiger partial charge in [-0.25, -0.2) is 9.44 Å². The lowest BCUT2D eigenvalue weighted by Crippen LogP contribution is -2.35. The SMILES string of the molecule is CNS(=O)(=O)NCCc1cc2ccc(C)cc2[nH]c1=O. The molecule has 20 heavy (non-hydrogen) atoms. The van der Waals surface area contributed by atoms with E-state index in [0.717, 1.165) is 16.5 Å². The molecule has 0 bridgehead atoms. The molecule has 0 fully saturated rings. The molecule has 108 valence electrons. The molecular formula is C13H17N3O3S. The fourth-order valence-electron chi connectivity index (χ4n) is 1.94. The molecule has 0 spiro atoms. The van der Waals surface area contributed by atoms with Gasteiger partial charge in [0.25, 0.3) is 15.8 Å². The van der Waals surface area contributed by atoms with E-state index in [1.807, 2.05) is 25.1 Å². The number of pyridine rings is 1. The Labute approximate surface area is 117 Å². The number of fused-ring (bicyclic) bond motifs is 1. The number of hydrogen-bond acceptors (Lipinski definition) is 3. The maximum atomic E-state index is 11.9. The Bertz CT molecular complexity index is 781. The number of nitrogens with one attached hydrogen (secondary N) is 3. The second kappa shape index (κ2) is 5.74. The van der Waals surface area contributed by atoms with Crippen LogP contribution >= 0.6 is 0 Å². The predicted octanol–water partition coefficient (Wildman–Crippen LogP) is 0.433. The minimum absolute atomic E-state index is 0.170. The van der Waals surface area contributed by atoms with Gasteiger partial charge < -0.3 is 4.98 Å². The van der Waals surface area contributed by atoms with Crippen LogP contribution in [-0.2, 0) is 16.6 Å². The zero-order valence-electron chi connectivity index (χ0n) is 11.4. The van der Waals surface area contributed by atoms with Crippen LogP contribution in [0.1, 0.15) is 11.1 Å².